The molecule has 0 heterocycles. The SMILES string of the molecule is Cc1c(F)cccc1N/N=C\C=N. The highest BCUT2D eigenvalue weighted by molar-refractivity contribution is 6.14. The van der Waals surface area contributed by atoms with Gasteiger partial charge in [0.25, 0.3) is 0 Å². The van der Waals surface area contributed by atoms with E-state index in [9.17, 15) is 4.39 Å². The molecule has 1 rings (SSSR count). The molecule has 0 aromatic heterocycles. The highest BCUT2D eigenvalue weighted by Crippen LogP contribution is 2.16. The Labute approximate surface area is 75.8 Å². The maximum atomic E-state index is 13.0. The molecular formula is C9H10FN3. The summed E-state index contributed by atoms with van der Waals surface area (Å²) in [6, 6.07) is 4.71. The van der Waals surface area contributed by atoms with Crippen LogP contribution in [-0.4, -0.2) is 12.4 Å². The van der Waals surface area contributed by atoms with Gasteiger partial charge < -0.3 is 5.41 Å². The van der Waals surface area contributed by atoms with E-state index in [-0.39, 0.29) is 5.82 Å². The van der Waals surface area contributed by atoms with Gasteiger partial charge in [-0.3, -0.25) is 5.43 Å². The second kappa shape index (κ2) is 4.35. The summed E-state index contributed by atoms with van der Waals surface area (Å²) in [7, 11) is 0. The van der Waals surface area contributed by atoms with E-state index in [0.717, 1.165) is 6.21 Å². The fourth-order valence-corrected chi connectivity index (χ4v) is 0.873. The van der Waals surface area contributed by atoms with Crippen molar-refractivity contribution in [3.05, 3.63) is 29.6 Å². The third-order valence-corrected chi connectivity index (χ3v) is 1.60. The van der Waals surface area contributed by atoms with Gasteiger partial charge in [-0.2, -0.15) is 5.10 Å². The molecule has 0 atom stereocenters. The van der Waals surface area contributed by atoms with Crippen LogP contribution in [0.1, 0.15) is 5.56 Å². The van der Waals surface area contributed by atoms with E-state index in [0.29, 0.717) is 11.3 Å². The molecule has 3 nitrogen and oxygen atoms in total. The van der Waals surface area contributed by atoms with Crippen LogP contribution in [0.2, 0.25) is 0 Å². The molecule has 2 N–H and O–H groups in total. The Hall–Kier alpha value is -1.71. The van der Waals surface area contributed by atoms with Crippen molar-refractivity contribution >= 4 is 18.1 Å². The van der Waals surface area contributed by atoms with Gasteiger partial charge in [0.1, 0.15) is 5.82 Å². The lowest BCUT2D eigenvalue weighted by Crippen LogP contribution is -1.94. The molecule has 0 saturated heterocycles. The monoisotopic (exact) mass is 179 g/mol. The van der Waals surface area contributed by atoms with Gasteiger partial charge in [-0.05, 0) is 19.1 Å². The summed E-state index contributed by atoms with van der Waals surface area (Å²) in [6.45, 7) is 1.66. The lowest BCUT2D eigenvalue weighted by atomic mass is 10.2. The Morgan fingerprint density at radius 1 is 1.54 bits per heavy atom. The first-order chi connectivity index (χ1) is 6.25. The Morgan fingerprint density at radius 2 is 2.31 bits per heavy atom. The quantitative estimate of drug-likeness (QED) is 0.542. The molecule has 0 amide bonds. The van der Waals surface area contributed by atoms with Crippen molar-refractivity contribution in [1.29, 1.82) is 5.41 Å². The van der Waals surface area contributed by atoms with Gasteiger partial charge in [0.05, 0.1) is 11.9 Å². The van der Waals surface area contributed by atoms with Crippen LogP contribution < -0.4 is 5.43 Å². The first-order valence-corrected chi connectivity index (χ1v) is 3.79. The summed E-state index contributed by atoms with van der Waals surface area (Å²) in [5, 5.41) is 10.4. The molecule has 0 aliphatic heterocycles. The molecule has 0 aliphatic carbocycles. The van der Waals surface area contributed by atoms with Gasteiger partial charge in [-0.25, -0.2) is 4.39 Å². The number of rotatable bonds is 3. The van der Waals surface area contributed by atoms with Gasteiger partial charge in [0.15, 0.2) is 0 Å². The topological polar surface area (TPSA) is 48.2 Å². The number of anilines is 1. The second-order valence-corrected chi connectivity index (χ2v) is 2.47. The zero-order chi connectivity index (χ0) is 9.68. The fraction of sp³-hybridized carbons (Fsp3) is 0.111. The van der Waals surface area contributed by atoms with E-state index >= 15 is 0 Å². The Balaban J connectivity index is 2.82. The maximum Gasteiger partial charge on any atom is 0.128 e. The highest BCUT2D eigenvalue weighted by Gasteiger charge is 2.00. The predicted molar refractivity (Wildman–Crippen MR) is 52.0 cm³/mol. The van der Waals surface area contributed by atoms with Crippen molar-refractivity contribution in [2.24, 2.45) is 5.10 Å². The number of nitrogens with zero attached hydrogens (tertiary/aromatic N) is 1. The van der Waals surface area contributed by atoms with Crippen molar-refractivity contribution < 1.29 is 4.39 Å². The van der Waals surface area contributed by atoms with E-state index in [4.69, 9.17) is 5.41 Å². The standard InChI is InChI=1S/C9H10FN3/c1-7-8(10)3-2-4-9(7)13-12-6-5-11/h2-6,11,13H,1H3/b11-5?,12-6-. The van der Waals surface area contributed by atoms with E-state index in [2.05, 4.69) is 10.5 Å². The van der Waals surface area contributed by atoms with E-state index in [1.807, 2.05) is 0 Å². The van der Waals surface area contributed by atoms with Crippen molar-refractivity contribution in [1.82, 2.24) is 0 Å². The minimum atomic E-state index is -0.268. The van der Waals surface area contributed by atoms with Crippen LogP contribution in [0.3, 0.4) is 0 Å². The van der Waals surface area contributed by atoms with Crippen LogP contribution in [0.15, 0.2) is 23.3 Å². The average molecular weight is 179 g/mol. The fourth-order valence-electron chi connectivity index (χ4n) is 0.873. The number of hydrazone groups is 1. The predicted octanol–water partition coefficient (Wildman–Crippen LogP) is 2.18. The van der Waals surface area contributed by atoms with E-state index < -0.39 is 0 Å². The summed E-state index contributed by atoms with van der Waals surface area (Å²) >= 11 is 0. The summed E-state index contributed by atoms with van der Waals surface area (Å²) in [5.41, 5.74) is 3.76. The first kappa shape index (κ1) is 9.38. The Bertz CT molecular complexity index is 334. The van der Waals surface area contributed by atoms with Gasteiger partial charge in [-0.15, -0.1) is 0 Å². The number of hydrogen-bond acceptors (Lipinski definition) is 3. The second-order valence-electron chi connectivity index (χ2n) is 2.47. The minimum Gasteiger partial charge on any atom is -0.307 e. The zero-order valence-electron chi connectivity index (χ0n) is 7.21. The zero-order valence-corrected chi connectivity index (χ0v) is 7.21. The summed E-state index contributed by atoms with van der Waals surface area (Å²) < 4.78 is 13.0. The molecule has 4 heteroatoms. The normalized spacial score (nSPS) is 10.3. The van der Waals surface area contributed by atoms with Crippen molar-refractivity contribution in [3.63, 3.8) is 0 Å². The molecule has 0 saturated carbocycles. The van der Waals surface area contributed by atoms with Gasteiger partial charge >= 0.3 is 0 Å². The number of hydrogen-bond donors (Lipinski definition) is 2. The smallest absolute Gasteiger partial charge is 0.128 e. The molecular weight excluding hydrogens is 169 g/mol. The van der Waals surface area contributed by atoms with Crippen LogP contribution >= 0.6 is 0 Å². The summed E-state index contributed by atoms with van der Waals surface area (Å²) in [6.07, 6.45) is 2.33. The molecule has 68 valence electrons. The molecule has 0 aliphatic rings. The first-order valence-electron chi connectivity index (χ1n) is 3.79. The van der Waals surface area contributed by atoms with E-state index in [1.165, 1.54) is 12.3 Å². The summed E-state index contributed by atoms with van der Waals surface area (Å²) in [4.78, 5) is 0. The van der Waals surface area contributed by atoms with Crippen LogP contribution in [0, 0.1) is 18.2 Å². The van der Waals surface area contributed by atoms with Gasteiger partial charge in [0.2, 0.25) is 0 Å². The van der Waals surface area contributed by atoms with E-state index in [1.54, 1.807) is 19.1 Å². The lowest BCUT2D eigenvalue weighted by molar-refractivity contribution is 0.619. The maximum absolute atomic E-state index is 13.0. The van der Waals surface area contributed by atoms with Crippen molar-refractivity contribution in [3.8, 4) is 0 Å². The average Bonchev–Trinajstić information content (AvgIpc) is 2.13. The molecule has 0 unspecified atom stereocenters. The Morgan fingerprint density at radius 3 is 3.00 bits per heavy atom. The largest absolute Gasteiger partial charge is 0.307 e. The third-order valence-electron chi connectivity index (χ3n) is 1.60. The molecule has 0 bridgehead atoms. The molecule has 0 radical (unpaired) electrons. The van der Waals surface area contributed by atoms with Crippen LogP contribution in [-0.2, 0) is 0 Å². The number of benzene rings is 1. The van der Waals surface area contributed by atoms with Gasteiger partial charge in [-0.1, -0.05) is 6.07 Å². The minimum absolute atomic E-state index is 0.268. The molecule has 0 fully saturated rings. The van der Waals surface area contributed by atoms with Gasteiger partial charge in [0, 0.05) is 11.8 Å². The number of nitrogens with one attached hydrogen (secondary N) is 2. The molecule has 13 heavy (non-hydrogen) atoms. The van der Waals surface area contributed by atoms with Crippen LogP contribution in [0.5, 0.6) is 0 Å². The van der Waals surface area contributed by atoms with Crippen LogP contribution in [0.25, 0.3) is 0 Å². The highest BCUT2D eigenvalue weighted by atomic mass is 19.1. The third kappa shape index (κ3) is 2.37. The number of halogens is 1. The molecule has 1 aromatic rings. The van der Waals surface area contributed by atoms with Crippen molar-refractivity contribution in [2.75, 3.05) is 5.43 Å². The lowest BCUT2D eigenvalue weighted by Gasteiger charge is -2.04. The van der Waals surface area contributed by atoms with Crippen LogP contribution in [0.4, 0.5) is 10.1 Å². The molecule has 1 aromatic carbocycles. The summed E-state index contributed by atoms with van der Waals surface area (Å²) in [5.74, 6) is -0.268. The Kier molecular flexibility index (Phi) is 3.14. The van der Waals surface area contributed by atoms with Crippen molar-refractivity contribution in [2.45, 2.75) is 6.92 Å². The molecule has 0 spiro atoms.